The Bertz CT molecular complexity index is 1500. The number of benzene rings is 1. The molecular weight excluding hydrogens is 469 g/mol. The molecule has 3 aromatic heterocycles. The molecule has 5 nitrogen and oxygen atoms in total. The fourth-order valence-electron chi connectivity index (χ4n) is 4.66. The average molecular weight is 496 g/mol. The molecule has 1 unspecified atom stereocenters. The highest BCUT2D eigenvalue weighted by atomic mass is 32.2. The lowest BCUT2D eigenvalue weighted by atomic mass is 9.89. The number of carbonyl (C=O) groups excluding carboxylic acids is 1. The van der Waals surface area contributed by atoms with Crippen molar-refractivity contribution in [1.29, 1.82) is 0 Å². The van der Waals surface area contributed by atoms with Crippen LogP contribution in [0.1, 0.15) is 45.5 Å². The van der Waals surface area contributed by atoms with Crippen LogP contribution >= 0.6 is 23.1 Å². The fraction of sp³-hybridized carbons (Fsp3) is 0.346. The van der Waals surface area contributed by atoms with Crippen molar-refractivity contribution in [3.05, 3.63) is 73.9 Å². The van der Waals surface area contributed by atoms with E-state index < -0.39 is 5.82 Å². The number of nitrogens with zero attached hydrogens (tertiary/aromatic N) is 3. The fourth-order valence-corrected chi connectivity index (χ4v) is 6.97. The number of para-hydroxylation sites is 1. The van der Waals surface area contributed by atoms with Crippen molar-refractivity contribution in [2.24, 2.45) is 13.0 Å². The maximum absolute atomic E-state index is 14.9. The zero-order valence-electron chi connectivity index (χ0n) is 19.6. The van der Waals surface area contributed by atoms with Crippen LogP contribution in [0, 0.1) is 25.6 Å². The molecule has 1 aliphatic rings. The Balaban J connectivity index is 1.62. The van der Waals surface area contributed by atoms with E-state index in [0.29, 0.717) is 26.9 Å². The zero-order valence-corrected chi connectivity index (χ0v) is 21.3. The van der Waals surface area contributed by atoms with Gasteiger partial charge in [0.25, 0.3) is 5.56 Å². The number of hydrogen-bond donors (Lipinski definition) is 0. The van der Waals surface area contributed by atoms with Gasteiger partial charge in [0, 0.05) is 28.9 Å². The van der Waals surface area contributed by atoms with Gasteiger partial charge in [-0.15, -0.1) is 11.3 Å². The first-order valence-electron chi connectivity index (χ1n) is 11.4. The van der Waals surface area contributed by atoms with E-state index in [1.54, 1.807) is 29.5 Å². The number of halogens is 1. The first-order chi connectivity index (χ1) is 16.3. The van der Waals surface area contributed by atoms with Crippen molar-refractivity contribution in [2.75, 3.05) is 5.75 Å². The molecule has 0 amide bonds. The average Bonchev–Trinajstić information content (AvgIpc) is 3.30. The van der Waals surface area contributed by atoms with Gasteiger partial charge in [0.1, 0.15) is 10.6 Å². The predicted molar refractivity (Wildman–Crippen MR) is 136 cm³/mol. The van der Waals surface area contributed by atoms with Crippen molar-refractivity contribution in [3.8, 4) is 5.69 Å². The quantitative estimate of drug-likeness (QED) is 0.204. The lowest BCUT2D eigenvalue weighted by Crippen LogP contribution is -2.24. The van der Waals surface area contributed by atoms with E-state index in [4.69, 9.17) is 4.98 Å². The van der Waals surface area contributed by atoms with E-state index in [2.05, 4.69) is 6.92 Å². The van der Waals surface area contributed by atoms with Crippen molar-refractivity contribution >= 4 is 39.1 Å². The number of thiophene rings is 1. The molecular formula is C26H26FN3O2S2. The molecule has 0 radical (unpaired) electrons. The van der Waals surface area contributed by atoms with Gasteiger partial charge in [0.2, 0.25) is 0 Å². The summed E-state index contributed by atoms with van der Waals surface area (Å²) in [5.74, 6) is 0.142. The molecule has 0 saturated carbocycles. The number of Topliss-reactive ketones (excluding diaryl/α,β-unsaturated/α-hetero) is 1. The second-order valence-corrected chi connectivity index (χ2v) is 11.1. The van der Waals surface area contributed by atoms with Crippen LogP contribution in [0.5, 0.6) is 0 Å². The van der Waals surface area contributed by atoms with Crippen molar-refractivity contribution in [2.45, 2.75) is 45.2 Å². The summed E-state index contributed by atoms with van der Waals surface area (Å²) in [5.41, 5.74) is 3.53. The topological polar surface area (TPSA) is 56.9 Å². The van der Waals surface area contributed by atoms with Crippen LogP contribution in [0.2, 0.25) is 0 Å². The van der Waals surface area contributed by atoms with E-state index in [0.717, 1.165) is 36.2 Å². The third kappa shape index (κ3) is 3.82. The minimum Gasteiger partial charge on any atom is -0.351 e. The molecule has 176 valence electrons. The van der Waals surface area contributed by atoms with Gasteiger partial charge >= 0.3 is 0 Å². The largest absolute Gasteiger partial charge is 0.351 e. The zero-order chi connectivity index (χ0) is 24.1. The summed E-state index contributed by atoms with van der Waals surface area (Å²) in [4.78, 5) is 33.5. The van der Waals surface area contributed by atoms with Crippen LogP contribution in [0.25, 0.3) is 15.9 Å². The molecule has 0 aliphatic heterocycles. The molecule has 0 spiro atoms. The second kappa shape index (κ2) is 8.82. The van der Waals surface area contributed by atoms with Gasteiger partial charge in [-0.05, 0) is 62.8 Å². The Morgan fingerprint density at radius 3 is 2.76 bits per heavy atom. The standard InChI is InChI=1S/C26H26FN3O2S2/c1-14-9-10-17-22(11-14)34-24-23(17)25(32)30(20-8-6-5-7-19(20)27)26(28-24)33-13-21(31)18-12-15(2)29(4)16(18)3/h5-8,12,14H,9-11,13H2,1-4H3. The SMILES string of the molecule is Cc1cc(C(=O)CSc2nc3sc4c(c3c(=O)n2-c2ccccc2F)CCC(C)C4)c(C)n1C. The van der Waals surface area contributed by atoms with Gasteiger partial charge in [-0.25, -0.2) is 9.37 Å². The predicted octanol–water partition coefficient (Wildman–Crippen LogP) is 5.64. The summed E-state index contributed by atoms with van der Waals surface area (Å²) in [6.45, 7) is 6.10. The van der Waals surface area contributed by atoms with Crippen LogP contribution < -0.4 is 5.56 Å². The summed E-state index contributed by atoms with van der Waals surface area (Å²) in [6.07, 6.45) is 2.80. The maximum Gasteiger partial charge on any atom is 0.267 e. The van der Waals surface area contributed by atoms with Crippen LogP contribution in [0.4, 0.5) is 4.39 Å². The smallest absolute Gasteiger partial charge is 0.267 e. The van der Waals surface area contributed by atoms with E-state index >= 15 is 0 Å². The molecule has 0 bridgehead atoms. The molecule has 1 atom stereocenters. The molecule has 1 aliphatic carbocycles. The number of thioether (sulfide) groups is 1. The number of carbonyl (C=O) groups is 1. The highest BCUT2D eigenvalue weighted by Crippen LogP contribution is 2.37. The molecule has 3 heterocycles. The van der Waals surface area contributed by atoms with Crippen molar-refractivity contribution in [1.82, 2.24) is 14.1 Å². The summed E-state index contributed by atoms with van der Waals surface area (Å²) in [6, 6.07) is 8.11. The van der Waals surface area contributed by atoms with Crippen molar-refractivity contribution in [3.63, 3.8) is 0 Å². The summed E-state index contributed by atoms with van der Waals surface area (Å²) < 4.78 is 18.2. The van der Waals surface area contributed by atoms with Gasteiger partial charge in [0.15, 0.2) is 10.9 Å². The molecule has 0 fully saturated rings. The van der Waals surface area contributed by atoms with Gasteiger partial charge < -0.3 is 4.57 Å². The number of hydrogen-bond acceptors (Lipinski definition) is 5. The van der Waals surface area contributed by atoms with Crippen LogP contribution in [-0.4, -0.2) is 25.7 Å². The minimum atomic E-state index is -0.494. The number of aryl methyl sites for hydroxylation is 2. The highest BCUT2D eigenvalue weighted by Gasteiger charge is 2.26. The van der Waals surface area contributed by atoms with Crippen LogP contribution in [0.15, 0.2) is 40.3 Å². The molecule has 5 rings (SSSR count). The Labute approximate surface area is 205 Å². The van der Waals surface area contributed by atoms with E-state index in [9.17, 15) is 14.0 Å². The Hall–Kier alpha value is -2.71. The third-order valence-corrected chi connectivity index (χ3v) is 8.89. The van der Waals surface area contributed by atoms with E-state index in [-0.39, 0.29) is 22.8 Å². The Morgan fingerprint density at radius 1 is 1.29 bits per heavy atom. The monoisotopic (exact) mass is 495 g/mol. The van der Waals surface area contributed by atoms with Gasteiger partial charge in [-0.3, -0.25) is 14.2 Å². The first-order valence-corrected chi connectivity index (χ1v) is 13.2. The number of aromatic nitrogens is 3. The van der Waals surface area contributed by atoms with Gasteiger partial charge in [-0.2, -0.15) is 0 Å². The minimum absolute atomic E-state index is 0.0417. The van der Waals surface area contributed by atoms with Crippen LogP contribution in [0.3, 0.4) is 0 Å². The number of fused-ring (bicyclic) bond motifs is 3. The first kappa shape index (κ1) is 23.1. The van der Waals surface area contributed by atoms with E-state index in [1.165, 1.54) is 27.3 Å². The highest BCUT2D eigenvalue weighted by molar-refractivity contribution is 7.99. The molecule has 34 heavy (non-hydrogen) atoms. The van der Waals surface area contributed by atoms with Crippen molar-refractivity contribution < 1.29 is 9.18 Å². The molecule has 8 heteroatoms. The molecule has 4 aromatic rings. The number of ketones is 1. The third-order valence-electron chi connectivity index (χ3n) is 6.80. The molecule has 0 N–H and O–H groups in total. The maximum atomic E-state index is 14.9. The normalized spacial score (nSPS) is 15.6. The van der Waals surface area contributed by atoms with Gasteiger partial charge in [-0.1, -0.05) is 30.8 Å². The molecule has 0 saturated heterocycles. The van der Waals surface area contributed by atoms with E-state index in [1.807, 2.05) is 31.5 Å². The summed E-state index contributed by atoms with van der Waals surface area (Å²) >= 11 is 2.74. The Kier molecular flexibility index (Phi) is 5.98. The lowest BCUT2D eigenvalue weighted by Gasteiger charge is -2.18. The lowest BCUT2D eigenvalue weighted by molar-refractivity contribution is 0.102. The second-order valence-electron chi connectivity index (χ2n) is 9.07. The van der Waals surface area contributed by atoms with Gasteiger partial charge in [0.05, 0.1) is 16.8 Å². The van der Waals surface area contributed by atoms with Crippen LogP contribution in [-0.2, 0) is 19.9 Å². The Morgan fingerprint density at radius 2 is 2.06 bits per heavy atom. The number of rotatable bonds is 5. The molecule has 1 aromatic carbocycles. The summed E-state index contributed by atoms with van der Waals surface area (Å²) in [7, 11) is 1.93. The summed E-state index contributed by atoms with van der Waals surface area (Å²) in [5, 5.41) is 0.938.